The van der Waals surface area contributed by atoms with E-state index in [4.69, 9.17) is 5.73 Å². The SMILES string of the molecule is NC1CCC(CC2CC[CH]CC2)CC1. The minimum absolute atomic E-state index is 0.519. The summed E-state index contributed by atoms with van der Waals surface area (Å²) in [6.45, 7) is 0. The van der Waals surface area contributed by atoms with Crippen LogP contribution in [0.4, 0.5) is 0 Å². The van der Waals surface area contributed by atoms with Crippen LogP contribution in [0.1, 0.15) is 57.8 Å². The molecule has 2 N–H and O–H groups in total. The van der Waals surface area contributed by atoms with Crippen LogP contribution in [0, 0.1) is 18.3 Å². The van der Waals surface area contributed by atoms with Gasteiger partial charge in [0, 0.05) is 6.04 Å². The highest BCUT2D eigenvalue weighted by atomic mass is 14.6. The van der Waals surface area contributed by atoms with Crippen LogP contribution in [0.5, 0.6) is 0 Å². The van der Waals surface area contributed by atoms with Crippen molar-refractivity contribution in [1.82, 2.24) is 0 Å². The molecule has 0 aromatic heterocycles. The molecule has 1 radical (unpaired) electrons. The summed E-state index contributed by atoms with van der Waals surface area (Å²) in [4.78, 5) is 0. The van der Waals surface area contributed by atoms with Gasteiger partial charge in [-0.3, -0.25) is 0 Å². The highest BCUT2D eigenvalue weighted by molar-refractivity contribution is 4.81. The maximum absolute atomic E-state index is 5.93. The molecule has 81 valence electrons. The first kappa shape index (κ1) is 10.5. The fraction of sp³-hybridized carbons (Fsp3) is 0.923. The first-order valence-electron chi connectivity index (χ1n) is 6.42. The molecule has 2 fully saturated rings. The Morgan fingerprint density at radius 2 is 1.43 bits per heavy atom. The van der Waals surface area contributed by atoms with Crippen LogP contribution < -0.4 is 5.73 Å². The van der Waals surface area contributed by atoms with E-state index in [-0.39, 0.29) is 0 Å². The van der Waals surface area contributed by atoms with Gasteiger partial charge in [-0.15, -0.1) is 0 Å². The van der Waals surface area contributed by atoms with Crippen LogP contribution in [0.2, 0.25) is 0 Å². The van der Waals surface area contributed by atoms with Crippen molar-refractivity contribution in [1.29, 1.82) is 0 Å². The standard InChI is InChI=1S/C13H24N/c14-13-8-6-12(7-9-13)10-11-4-2-1-3-5-11/h1,11-13H,2-10,14H2. The number of hydrogen-bond acceptors (Lipinski definition) is 1. The van der Waals surface area contributed by atoms with Gasteiger partial charge >= 0.3 is 0 Å². The van der Waals surface area contributed by atoms with Crippen molar-refractivity contribution >= 4 is 0 Å². The van der Waals surface area contributed by atoms with Gasteiger partial charge in [0.05, 0.1) is 0 Å². The molecule has 1 heteroatoms. The van der Waals surface area contributed by atoms with Gasteiger partial charge in [-0.1, -0.05) is 12.8 Å². The van der Waals surface area contributed by atoms with E-state index < -0.39 is 0 Å². The first-order chi connectivity index (χ1) is 6.84. The molecule has 0 amide bonds. The summed E-state index contributed by atoms with van der Waals surface area (Å²) in [5.41, 5.74) is 5.93. The van der Waals surface area contributed by atoms with Gasteiger partial charge in [-0.25, -0.2) is 0 Å². The van der Waals surface area contributed by atoms with Crippen LogP contribution in [0.25, 0.3) is 0 Å². The van der Waals surface area contributed by atoms with Crippen molar-refractivity contribution in [3.8, 4) is 0 Å². The van der Waals surface area contributed by atoms with Gasteiger partial charge in [0.2, 0.25) is 0 Å². The maximum Gasteiger partial charge on any atom is 0.00390 e. The first-order valence-corrected chi connectivity index (χ1v) is 6.42. The Kier molecular flexibility index (Phi) is 3.86. The van der Waals surface area contributed by atoms with E-state index in [0.717, 1.165) is 11.8 Å². The zero-order chi connectivity index (χ0) is 9.80. The summed E-state index contributed by atoms with van der Waals surface area (Å²) in [7, 11) is 0. The van der Waals surface area contributed by atoms with Crippen LogP contribution in [-0.2, 0) is 0 Å². The predicted molar refractivity (Wildman–Crippen MR) is 60.8 cm³/mol. The van der Waals surface area contributed by atoms with Crippen LogP contribution in [-0.4, -0.2) is 6.04 Å². The average Bonchev–Trinajstić information content (AvgIpc) is 2.23. The largest absolute Gasteiger partial charge is 0.328 e. The quantitative estimate of drug-likeness (QED) is 0.717. The number of hydrogen-bond donors (Lipinski definition) is 1. The monoisotopic (exact) mass is 194 g/mol. The Morgan fingerprint density at radius 1 is 0.857 bits per heavy atom. The van der Waals surface area contributed by atoms with Crippen molar-refractivity contribution in [2.24, 2.45) is 17.6 Å². The van der Waals surface area contributed by atoms with Gasteiger partial charge in [-0.05, 0) is 63.2 Å². The third kappa shape index (κ3) is 2.98. The maximum atomic E-state index is 5.93. The lowest BCUT2D eigenvalue weighted by molar-refractivity contribution is 0.246. The molecule has 2 aliphatic carbocycles. The zero-order valence-electron chi connectivity index (χ0n) is 9.25. The van der Waals surface area contributed by atoms with Crippen molar-refractivity contribution in [3.05, 3.63) is 6.42 Å². The normalized spacial score (nSPS) is 35.8. The summed E-state index contributed by atoms with van der Waals surface area (Å²) in [5, 5.41) is 0. The Bertz CT molecular complexity index is 153. The Balaban J connectivity index is 1.68. The fourth-order valence-corrected chi connectivity index (χ4v) is 3.13. The lowest BCUT2D eigenvalue weighted by Gasteiger charge is -2.30. The van der Waals surface area contributed by atoms with E-state index in [1.165, 1.54) is 57.8 Å². The van der Waals surface area contributed by atoms with Gasteiger partial charge in [0.15, 0.2) is 0 Å². The van der Waals surface area contributed by atoms with E-state index in [1.54, 1.807) is 0 Å². The lowest BCUT2D eigenvalue weighted by Crippen LogP contribution is -2.27. The van der Waals surface area contributed by atoms with Crippen molar-refractivity contribution in [2.75, 3.05) is 0 Å². The van der Waals surface area contributed by atoms with E-state index in [1.807, 2.05) is 0 Å². The Hall–Kier alpha value is -0.0400. The Labute approximate surface area is 88.4 Å². The molecule has 0 bridgehead atoms. The highest BCUT2D eigenvalue weighted by Crippen LogP contribution is 2.34. The molecule has 1 nitrogen and oxygen atoms in total. The predicted octanol–water partition coefficient (Wildman–Crippen LogP) is 3.29. The second kappa shape index (κ2) is 5.16. The van der Waals surface area contributed by atoms with Gasteiger partial charge in [0.1, 0.15) is 0 Å². The summed E-state index contributed by atoms with van der Waals surface area (Å²) in [5.74, 6) is 2.05. The minimum Gasteiger partial charge on any atom is -0.328 e. The molecule has 0 aliphatic heterocycles. The summed E-state index contributed by atoms with van der Waals surface area (Å²) in [6, 6.07) is 0.519. The topological polar surface area (TPSA) is 26.0 Å². The van der Waals surface area contributed by atoms with E-state index in [2.05, 4.69) is 6.42 Å². The molecule has 0 saturated heterocycles. The van der Waals surface area contributed by atoms with Crippen LogP contribution >= 0.6 is 0 Å². The van der Waals surface area contributed by atoms with Gasteiger partial charge < -0.3 is 5.73 Å². The molecule has 2 aliphatic rings. The lowest BCUT2D eigenvalue weighted by atomic mass is 9.77. The molecule has 2 rings (SSSR count). The van der Waals surface area contributed by atoms with Crippen LogP contribution in [0.3, 0.4) is 0 Å². The fourth-order valence-electron chi connectivity index (χ4n) is 3.13. The minimum atomic E-state index is 0.519. The van der Waals surface area contributed by atoms with Crippen molar-refractivity contribution in [3.63, 3.8) is 0 Å². The molecule has 0 spiro atoms. The molecule has 0 heterocycles. The van der Waals surface area contributed by atoms with E-state index >= 15 is 0 Å². The molecule has 0 aromatic rings. The smallest absolute Gasteiger partial charge is 0.00390 e. The third-order valence-corrected chi connectivity index (χ3v) is 4.12. The molecule has 0 aromatic carbocycles. The third-order valence-electron chi connectivity index (χ3n) is 4.12. The average molecular weight is 194 g/mol. The number of rotatable bonds is 2. The van der Waals surface area contributed by atoms with Gasteiger partial charge in [0.25, 0.3) is 0 Å². The Morgan fingerprint density at radius 3 is 2.07 bits per heavy atom. The number of nitrogens with two attached hydrogens (primary N) is 1. The molecule has 0 atom stereocenters. The summed E-state index contributed by atoms with van der Waals surface area (Å²) in [6.07, 6.45) is 15.0. The van der Waals surface area contributed by atoms with E-state index in [0.29, 0.717) is 6.04 Å². The molecule has 2 saturated carbocycles. The van der Waals surface area contributed by atoms with Gasteiger partial charge in [-0.2, -0.15) is 0 Å². The van der Waals surface area contributed by atoms with E-state index in [9.17, 15) is 0 Å². The summed E-state index contributed by atoms with van der Waals surface area (Å²) >= 11 is 0. The molecule has 0 unspecified atom stereocenters. The molecular weight excluding hydrogens is 170 g/mol. The van der Waals surface area contributed by atoms with Crippen molar-refractivity contribution < 1.29 is 0 Å². The molecular formula is C13H24N. The van der Waals surface area contributed by atoms with Crippen molar-refractivity contribution in [2.45, 2.75) is 63.8 Å². The second-order valence-electron chi connectivity index (χ2n) is 5.33. The zero-order valence-corrected chi connectivity index (χ0v) is 9.25. The molecule has 14 heavy (non-hydrogen) atoms. The van der Waals surface area contributed by atoms with Crippen LogP contribution in [0.15, 0.2) is 0 Å². The highest BCUT2D eigenvalue weighted by Gasteiger charge is 2.22. The second-order valence-corrected chi connectivity index (χ2v) is 5.33. The summed E-state index contributed by atoms with van der Waals surface area (Å²) < 4.78 is 0.